The highest BCUT2D eigenvalue weighted by Gasteiger charge is 2.44. The number of hydrogen-bond donors (Lipinski definition) is 0. The van der Waals surface area contributed by atoms with E-state index in [1.807, 2.05) is 55.5 Å². The summed E-state index contributed by atoms with van der Waals surface area (Å²) >= 11 is 0. The Morgan fingerprint density at radius 3 is 2.44 bits per heavy atom. The number of carbonyl (C=O) groups excluding carboxylic acids is 2. The molecule has 1 unspecified atom stereocenters. The molecule has 5 heteroatoms. The highest BCUT2D eigenvalue weighted by atomic mass is 16.6. The van der Waals surface area contributed by atoms with Crippen molar-refractivity contribution >= 4 is 12.0 Å². The Bertz CT molecular complexity index is 774. The molecule has 3 atom stereocenters. The van der Waals surface area contributed by atoms with Crippen molar-refractivity contribution in [2.24, 2.45) is 0 Å². The second kappa shape index (κ2) is 6.97. The molecular weight excluding hydrogens is 318 g/mol. The summed E-state index contributed by atoms with van der Waals surface area (Å²) in [5, 5.41) is 0. The second-order valence-electron chi connectivity index (χ2n) is 6.13. The Hall–Kier alpha value is -2.82. The number of methoxy groups -OCH3 is 1. The van der Waals surface area contributed by atoms with Crippen LogP contribution in [0.15, 0.2) is 54.6 Å². The summed E-state index contributed by atoms with van der Waals surface area (Å²) in [6.07, 6.45) is -1.06. The van der Waals surface area contributed by atoms with Crippen LogP contribution in [0.5, 0.6) is 5.75 Å². The number of carbonyl (C=O) groups is 2. The lowest BCUT2D eigenvalue weighted by Gasteiger charge is -2.23. The van der Waals surface area contributed by atoms with E-state index in [1.165, 1.54) is 4.90 Å². The van der Waals surface area contributed by atoms with Gasteiger partial charge in [0.25, 0.3) is 0 Å². The third-order valence-electron chi connectivity index (χ3n) is 4.61. The van der Waals surface area contributed by atoms with Crippen LogP contribution in [0.3, 0.4) is 0 Å². The van der Waals surface area contributed by atoms with E-state index in [4.69, 9.17) is 9.47 Å². The molecule has 1 aliphatic heterocycles. The Morgan fingerprint density at radius 1 is 1.12 bits per heavy atom. The number of para-hydroxylation sites is 1. The van der Waals surface area contributed by atoms with Crippen LogP contribution in [0.1, 0.15) is 37.0 Å². The summed E-state index contributed by atoms with van der Waals surface area (Å²) in [6.45, 7) is 3.60. The fraction of sp³-hybridized carbons (Fsp3) is 0.300. The van der Waals surface area contributed by atoms with Gasteiger partial charge in [-0.25, -0.2) is 9.69 Å². The van der Waals surface area contributed by atoms with Gasteiger partial charge in [0, 0.05) is 5.56 Å². The molecule has 0 aliphatic carbocycles. The van der Waals surface area contributed by atoms with Gasteiger partial charge in [-0.05, 0) is 25.5 Å². The standard InChI is InChI=1S/C20H21NO4/c1-13(16-11-7-8-12-17(16)24-3)19(22)21-14(2)18(25-20(21)23)15-9-5-4-6-10-15/h4-14,18H,1-3H3/t13?,14-,18+/m0/s1. The molecule has 1 fully saturated rings. The summed E-state index contributed by atoms with van der Waals surface area (Å²) in [6, 6.07) is 16.4. The lowest BCUT2D eigenvalue weighted by Crippen LogP contribution is -2.40. The number of benzene rings is 2. The topological polar surface area (TPSA) is 55.8 Å². The van der Waals surface area contributed by atoms with Crippen LogP contribution in [0.25, 0.3) is 0 Å². The van der Waals surface area contributed by atoms with Gasteiger partial charge in [-0.15, -0.1) is 0 Å². The van der Waals surface area contributed by atoms with E-state index in [2.05, 4.69) is 0 Å². The molecule has 0 bridgehead atoms. The maximum atomic E-state index is 13.0. The minimum Gasteiger partial charge on any atom is -0.496 e. The summed E-state index contributed by atoms with van der Waals surface area (Å²) in [5.74, 6) is -0.177. The third-order valence-corrected chi connectivity index (χ3v) is 4.61. The van der Waals surface area contributed by atoms with Crippen LogP contribution < -0.4 is 4.74 Å². The highest BCUT2D eigenvalue weighted by Crippen LogP contribution is 2.35. The van der Waals surface area contributed by atoms with Gasteiger partial charge < -0.3 is 9.47 Å². The monoisotopic (exact) mass is 339 g/mol. The summed E-state index contributed by atoms with van der Waals surface area (Å²) < 4.78 is 10.8. The second-order valence-corrected chi connectivity index (χ2v) is 6.13. The van der Waals surface area contributed by atoms with Crippen molar-refractivity contribution < 1.29 is 19.1 Å². The normalized spacial score (nSPS) is 20.9. The van der Waals surface area contributed by atoms with Gasteiger partial charge >= 0.3 is 6.09 Å². The van der Waals surface area contributed by atoms with Gasteiger partial charge in [0.05, 0.1) is 19.1 Å². The molecule has 0 radical (unpaired) electrons. The molecule has 0 N–H and O–H groups in total. The number of ether oxygens (including phenoxy) is 2. The Kier molecular flexibility index (Phi) is 4.74. The average Bonchev–Trinajstić information content (AvgIpc) is 2.95. The van der Waals surface area contributed by atoms with Gasteiger partial charge in [0.2, 0.25) is 5.91 Å². The van der Waals surface area contributed by atoms with Gasteiger partial charge in [0.1, 0.15) is 11.9 Å². The average molecular weight is 339 g/mol. The zero-order valence-corrected chi connectivity index (χ0v) is 14.5. The van der Waals surface area contributed by atoms with Crippen LogP contribution in [-0.4, -0.2) is 30.1 Å². The minimum atomic E-state index is -0.604. The van der Waals surface area contributed by atoms with E-state index in [0.717, 1.165) is 11.1 Å². The SMILES string of the molecule is COc1ccccc1C(C)C(=O)N1C(=O)O[C@@H](c2ccccc2)[C@@H]1C. The maximum Gasteiger partial charge on any atom is 0.417 e. The quantitative estimate of drug-likeness (QED) is 0.847. The summed E-state index contributed by atoms with van der Waals surface area (Å²) in [7, 11) is 1.56. The predicted octanol–water partition coefficient (Wildman–Crippen LogP) is 3.91. The van der Waals surface area contributed by atoms with Gasteiger partial charge in [-0.2, -0.15) is 0 Å². The Labute approximate surface area is 147 Å². The molecule has 0 saturated carbocycles. The molecule has 0 aromatic heterocycles. The number of rotatable bonds is 4. The van der Waals surface area contributed by atoms with E-state index >= 15 is 0 Å². The first kappa shape index (κ1) is 17.0. The molecule has 25 heavy (non-hydrogen) atoms. The number of cyclic esters (lactones) is 1. The van der Waals surface area contributed by atoms with Crippen LogP contribution in [0.2, 0.25) is 0 Å². The van der Waals surface area contributed by atoms with Crippen molar-refractivity contribution in [1.29, 1.82) is 0 Å². The van der Waals surface area contributed by atoms with Crippen molar-refractivity contribution in [1.82, 2.24) is 4.90 Å². The molecule has 2 aromatic rings. The molecule has 1 saturated heterocycles. The molecule has 3 rings (SSSR count). The summed E-state index contributed by atoms with van der Waals surface area (Å²) in [5.41, 5.74) is 1.63. The molecule has 130 valence electrons. The summed E-state index contributed by atoms with van der Waals surface area (Å²) in [4.78, 5) is 26.5. The number of imide groups is 1. The molecule has 5 nitrogen and oxygen atoms in total. The number of hydrogen-bond acceptors (Lipinski definition) is 4. The molecule has 1 heterocycles. The van der Waals surface area contributed by atoms with Crippen LogP contribution in [-0.2, 0) is 9.53 Å². The first-order valence-electron chi connectivity index (χ1n) is 8.26. The van der Waals surface area contributed by atoms with Crippen LogP contribution in [0.4, 0.5) is 4.79 Å². The third kappa shape index (κ3) is 3.09. The van der Waals surface area contributed by atoms with Crippen molar-refractivity contribution in [2.45, 2.75) is 31.9 Å². The lowest BCUT2D eigenvalue weighted by molar-refractivity contribution is -0.130. The van der Waals surface area contributed by atoms with Gasteiger partial charge in [-0.3, -0.25) is 4.79 Å². The first-order chi connectivity index (χ1) is 12.0. The van der Waals surface area contributed by atoms with E-state index in [0.29, 0.717) is 5.75 Å². The van der Waals surface area contributed by atoms with Crippen molar-refractivity contribution in [3.63, 3.8) is 0 Å². The number of amides is 2. The molecule has 1 aliphatic rings. The minimum absolute atomic E-state index is 0.291. The fourth-order valence-corrected chi connectivity index (χ4v) is 3.21. The number of nitrogens with zero attached hydrogens (tertiary/aromatic N) is 1. The van der Waals surface area contributed by atoms with E-state index < -0.39 is 18.1 Å². The van der Waals surface area contributed by atoms with E-state index in [1.54, 1.807) is 20.1 Å². The smallest absolute Gasteiger partial charge is 0.417 e. The fourth-order valence-electron chi connectivity index (χ4n) is 3.21. The Balaban J connectivity index is 1.85. The van der Waals surface area contributed by atoms with E-state index in [9.17, 15) is 9.59 Å². The van der Waals surface area contributed by atoms with Crippen LogP contribution in [0, 0.1) is 0 Å². The lowest BCUT2D eigenvalue weighted by atomic mass is 9.97. The van der Waals surface area contributed by atoms with Crippen molar-refractivity contribution in [3.8, 4) is 5.75 Å². The van der Waals surface area contributed by atoms with E-state index in [-0.39, 0.29) is 11.9 Å². The highest BCUT2D eigenvalue weighted by molar-refractivity contribution is 5.97. The zero-order chi connectivity index (χ0) is 18.0. The largest absolute Gasteiger partial charge is 0.496 e. The van der Waals surface area contributed by atoms with Gasteiger partial charge in [-0.1, -0.05) is 48.5 Å². The predicted molar refractivity (Wildman–Crippen MR) is 93.4 cm³/mol. The van der Waals surface area contributed by atoms with Crippen molar-refractivity contribution in [2.75, 3.05) is 7.11 Å². The first-order valence-corrected chi connectivity index (χ1v) is 8.26. The molecular formula is C20H21NO4. The van der Waals surface area contributed by atoms with Crippen LogP contribution >= 0.6 is 0 Å². The van der Waals surface area contributed by atoms with Gasteiger partial charge in [0.15, 0.2) is 0 Å². The molecule has 2 aromatic carbocycles. The zero-order valence-electron chi connectivity index (χ0n) is 14.5. The molecule has 0 spiro atoms. The van der Waals surface area contributed by atoms with Crippen molar-refractivity contribution in [3.05, 3.63) is 65.7 Å². The maximum absolute atomic E-state index is 13.0. The Morgan fingerprint density at radius 2 is 1.76 bits per heavy atom. The molecule has 2 amide bonds.